The Bertz CT molecular complexity index is 762. The zero-order valence-corrected chi connectivity index (χ0v) is 13.8. The molecule has 0 atom stereocenters. The van der Waals surface area contributed by atoms with E-state index in [9.17, 15) is 0 Å². The fourth-order valence-electron chi connectivity index (χ4n) is 2.47. The van der Waals surface area contributed by atoms with Crippen LogP contribution in [0.5, 0.6) is 0 Å². The minimum Gasteiger partial charge on any atom is -0.325 e. The van der Waals surface area contributed by atoms with Gasteiger partial charge in [-0.1, -0.05) is 54.0 Å². The quantitative estimate of drug-likeness (QED) is 0.705. The summed E-state index contributed by atoms with van der Waals surface area (Å²) < 4.78 is 3.26. The van der Waals surface area contributed by atoms with Crippen LogP contribution in [0.1, 0.15) is 13.8 Å². The van der Waals surface area contributed by atoms with Crippen LogP contribution in [0.3, 0.4) is 0 Å². The van der Waals surface area contributed by atoms with Crippen molar-refractivity contribution in [3.05, 3.63) is 53.3 Å². The molecule has 0 bridgehead atoms. The number of imidazole rings is 1. The molecule has 3 aromatic rings. The molecule has 3 rings (SSSR count). The molecule has 2 aromatic carbocycles. The number of nitrogens with one attached hydrogen (secondary N) is 1. The summed E-state index contributed by atoms with van der Waals surface area (Å²) in [6, 6.07) is 12.5. The third-order valence-electron chi connectivity index (χ3n) is 3.39. The lowest BCUT2D eigenvalue weighted by atomic mass is 10.1. The Morgan fingerprint density at radius 1 is 1.14 bits per heavy atom. The van der Waals surface area contributed by atoms with Crippen molar-refractivity contribution >= 4 is 38.3 Å². The second kappa shape index (κ2) is 5.90. The van der Waals surface area contributed by atoms with Gasteiger partial charge in [-0.05, 0) is 23.4 Å². The first-order chi connectivity index (χ1) is 10.1. The van der Waals surface area contributed by atoms with Crippen LogP contribution < -0.4 is 5.32 Å². The molecule has 21 heavy (non-hydrogen) atoms. The fourth-order valence-corrected chi connectivity index (χ4v) is 2.94. The van der Waals surface area contributed by atoms with Gasteiger partial charge in [-0.3, -0.25) is 0 Å². The summed E-state index contributed by atoms with van der Waals surface area (Å²) in [5.74, 6) is 1.47. The third-order valence-corrected chi connectivity index (χ3v) is 4.09. The van der Waals surface area contributed by atoms with Gasteiger partial charge in [0, 0.05) is 34.5 Å². The van der Waals surface area contributed by atoms with E-state index in [0.717, 1.165) is 22.7 Å². The molecule has 1 heterocycles. The van der Waals surface area contributed by atoms with Crippen molar-refractivity contribution in [3.63, 3.8) is 0 Å². The molecule has 3 nitrogen and oxygen atoms in total. The van der Waals surface area contributed by atoms with Crippen LogP contribution in [0.4, 0.5) is 11.6 Å². The van der Waals surface area contributed by atoms with Gasteiger partial charge in [0.1, 0.15) is 0 Å². The summed E-state index contributed by atoms with van der Waals surface area (Å²) in [7, 11) is 0. The number of hydrogen-bond donors (Lipinski definition) is 1. The van der Waals surface area contributed by atoms with Gasteiger partial charge in [0.15, 0.2) is 0 Å². The lowest BCUT2D eigenvalue weighted by Crippen LogP contribution is -2.07. The topological polar surface area (TPSA) is 29.9 Å². The van der Waals surface area contributed by atoms with Crippen molar-refractivity contribution in [2.24, 2.45) is 5.92 Å². The van der Waals surface area contributed by atoms with Gasteiger partial charge >= 0.3 is 0 Å². The van der Waals surface area contributed by atoms with E-state index in [1.165, 1.54) is 10.8 Å². The number of benzene rings is 2. The number of aromatic nitrogens is 2. The molecule has 0 spiro atoms. The maximum atomic E-state index is 4.43. The molecular weight excluding hydrogens is 326 g/mol. The average Bonchev–Trinajstić information content (AvgIpc) is 2.89. The van der Waals surface area contributed by atoms with Crippen molar-refractivity contribution < 1.29 is 0 Å². The van der Waals surface area contributed by atoms with Gasteiger partial charge in [-0.15, -0.1) is 0 Å². The van der Waals surface area contributed by atoms with Crippen molar-refractivity contribution in [3.8, 4) is 0 Å². The highest BCUT2D eigenvalue weighted by atomic mass is 79.9. The number of fused-ring (bicyclic) bond motifs is 1. The molecule has 0 aliphatic rings. The van der Waals surface area contributed by atoms with Crippen molar-refractivity contribution in [1.82, 2.24) is 9.55 Å². The van der Waals surface area contributed by atoms with E-state index in [2.05, 4.69) is 81.0 Å². The monoisotopic (exact) mass is 343 g/mol. The van der Waals surface area contributed by atoms with Gasteiger partial charge in [-0.2, -0.15) is 0 Å². The maximum Gasteiger partial charge on any atom is 0.207 e. The molecule has 0 saturated carbocycles. The van der Waals surface area contributed by atoms with Gasteiger partial charge < -0.3 is 9.88 Å². The van der Waals surface area contributed by atoms with Gasteiger partial charge in [0.2, 0.25) is 5.95 Å². The Hall–Kier alpha value is -1.81. The van der Waals surface area contributed by atoms with Gasteiger partial charge in [0.05, 0.1) is 0 Å². The third kappa shape index (κ3) is 2.95. The van der Waals surface area contributed by atoms with E-state index in [0.29, 0.717) is 5.92 Å². The second-order valence-corrected chi connectivity index (χ2v) is 6.42. The predicted octanol–water partition coefficient (Wildman–Crippen LogP) is 5.20. The first-order valence-electron chi connectivity index (χ1n) is 7.10. The molecule has 0 aliphatic heterocycles. The molecule has 1 N–H and O–H groups in total. The van der Waals surface area contributed by atoms with Crippen LogP contribution in [0, 0.1) is 5.92 Å². The Kier molecular flexibility index (Phi) is 3.97. The molecule has 0 amide bonds. The smallest absolute Gasteiger partial charge is 0.207 e. The highest BCUT2D eigenvalue weighted by Crippen LogP contribution is 2.31. The molecule has 0 aliphatic carbocycles. The van der Waals surface area contributed by atoms with E-state index >= 15 is 0 Å². The Morgan fingerprint density at radius 3 is 2.67 bits per heavy atom. The SMILES string of the molecule is CC(C)Cn1ccnc1Nc1ccc(Br)c2ccccc12. The van der Waals surface area contributed by atoms with Crippen LogP contribution in [0.2, 0.25) is 0 Å². The van der Waals surface area contributed by atoms with Gasteiger partial charge in [-0.25, -0.2) is 4.98 Å². The average molecular weight is 344 g/mol. The predicted molar refractivity (Wildman–Crippen MR) is 92.0 cm³/mol. The zero-order valence-electron chi connectivity index (χ0n) is 12.2. The van der Waals surface area contributed by atoms with E-state index in [1.54, 1.807) is 0 Å². The lowest BCUT2D eigenvalue weighted by molar-refractivity contribution is 0.527. The van der Waals surface area contributed by atoms with Gasteiger partial charge in [0.25, 0.3) is 0 Å². The first kappa shape index (κ1) is 14.1. The molecule has 108 valence electrons. The highest BCUT2D eigenvalue weighted by Gasteiger charge is 2.08. The number of nitrogens with zero attached hydrogens (tertiary/aromatic N) is 2. The summed E-state index contributed by atoms with van der Waals surface area (Å²) in [4.78, 5) is 4.43. The zero-order chi connectivity index (χ0) is 14.8. The largest absolute Gasteiger partial charge is 0.325 e. The van der Waals surface area contributed by atoms with Crippen molar-refractivity contribution in [1.29, 1.82) is 0 Å². The fraction of sp³-hybridized carbons (Fsp3) is 0.235. The summed E-state index contributed by atoms with van der Waals surface area (Å²) in [5, 5.41) is 5.84. The lowest BCUT2D eigenvalue weighted by Gasteiger charge is -2.14. The minimum absolute atomic E-state index is 0.585. The minimum atomic E-state index is 0.585. The number of anilines is 2. The molecule has 0 fully saturated rings. The molecule has 0 radical (unpaired) electrons. The van der Waals surface area contributed by atoms with Crippen LogP contribution in [-0.4, -0.2) is 9.55 Å². The summed E-state index contributed by atoms with van der Waals surface area (Å²) in [6.45, 7) is 5.37. The van der Waals surface area contributed by atoms with Crippen LogP contribution in [-0.2, 0) is 6.54 Å². The van der Waals surface area contributed by atoms with Crippen molar-refractivity contribution in [2.45, 2.75) is 20.4 Å². The molecule has 0 unspecified atom stereocenters. The normalized spacial score (nSPS) is 11.2. The molecular formula is C17H18BrN3. The summed E-state index contributed by atoms with van der Waals surface area (Å²) in [6.07, 6.45) is 3.86. The van der Waals surface area contributed by atoms with Crippen LogP contribution >= 0.6 is 15.9 Å². The molecule has 4 heteroatoms. The maximum absolute atomic E-state index is 4.43. The number of hydrogen-bond acceptors (Lipinski definition) is 2. The Morgan fingerprint density at radius 2 is 1.90 bits per heavy atom. The standard InChI is InChI=1S/C17H18BrN3/c1-12(2)11-21-10-9-19-17(21)20-16-8-7-15(18)13-5-3-4-6-14(13)16/h3-10,12H,11H2,1-2H3,(H,19,20). The van der Waals surface area contributed by atoms with Crippen LogP contribution in [0.25, 0.3) is 10.8 Å². The number of halogens is 1. The Balaban J connectivity index is 1.99. The molecule has 1 aromatic heterocycles. The summed E-state index contributed by atoms with van der Waals surface area (Å²) >= 11 is 3.61. The number of rotatable bonds is 4. The van der Waals surface area contributed by atoms with E-state index in [-0.39, 0.29) is 0 Å². The van der Waals surface area contributed by atoms with Crippen molar-refractivity contribution in [2.75, 3.05) is 5.32 Å². The van der Waals surface area contributed by atoms with Crippen LogP contribution in [0.15, 0.2) is 53.3 Å². The van der Waals surface area contributed by atoms with E-state index < -0.39 is 0 Å². The molecule has 0 saturated heterocycles. The van der Waals surface area contributed by atoms with E-state index in [1.807, 2.05) is 12.4 Å². The van der Waals surface area contributed by atoms with E-state index in [4.69, 9.17) is 0 Å². The summed E-state index contributed by atoms with van der Waals surface area (Å²) in [5.41, 5.74) is 1.07. The second-order valence-electron chi connectivity index (χ2n) is 5.56. The first-order valence-corrected chi connectivity index (χ1v) is 7.90. The highest BCUT2D eigenvalue weighted by molar-refractivity contribution is 9.10. The Labute approximate surface area is 133 Å².